The third-order valence-electron chi connectivity index (χ3n) is 1.63. The van der Waals surface area contributed by atoms with Gasteiger partial charge in [0, 0.05) is 0 Å². The standard InChI is InChI=1S/C8H2ClF5N2/c9-4-1-3(2-15)5(8(12,13)14)6(16-4)7(10)11/h1,7H. The minimum absolute atomic E-state index is 0.583. The molecule has 86 valence electrons. The molecule has 16 heavy (non-hydrogen) atoms. The van der Waals surface area contributed by atoms with Crippen LogP contribution in [-0.2, 0) is 6.18 Å². The van der Waals surface area contributed by atoms with Crippen molar-refractivity contribution < 1.29 is 22.0 Å². The average molecular weight is 257 g/mol. The molecular weight excluding hydrogens is 255 g/mol. The van der Waals surface area contributed by atoms with Crippen LogP contribution in [0.2, 0.25) is 5.15 Å². The summed E-state index contributed by atoms with van der Waals surface area (Å²) >= 11 is 5.23. The van der Waals surface area contributed by atoms with E-state index in [1.54, 1.807) is 0 Å². The van der Waals surface area contributed by atoms with Crippen molar-refractivity contribution in [3.63, 3.8) is 0 Å². The van der Waals surface area contributed by atoms with E-state index in [0.29, 0.717) is 6.07 Å². The van der Waals surface area contributed by atoms with Crippen LogP contribution in [0.3, 0.4) is 0 Å². The fourth-order valence-electron chi connectivity index (χ4n) is 1.08. The molecule has 0 radical (unpaired) electrons. The van der Waals surface area contributed by atoms with E-state index in [1.165, 1.54) is 0 Å². The highest BCUT2D eigenvalue weighted by Crippen LogP contribution is 2.38. The molecule has 1 rings (SSSR count). The van der Waals surface area contributed by atoms with E-state index in [0.717, 1.165) is 6.07 Å². The Labute approximate surface area is 91.3 Å². The minimum atomic E-state index is -5.07. The van der Waals surface area contributed by atoms with Gasteiger partial charge in [-0.25, -0.2) is 13.8 Å². The number of alkyl halides is 5. The highest BCUT2D eigenvalue weighted by atomic mass is 35.5. The summed E-state index contributed by atoms with van der Waals surface area (Å²) in [5.41, 5.74) is -4.24. The number of hydrogen-bond donors (Lipinski definition) is 0. The van der Waals surface area contributed by atoms with E-state index in [-0.39, 0.29) is 0 Å². The van der Waals surface area contributed by atoms with Gasteiger partial charge >= 0.3 is 6.18 Å². The van der Waals surface area contributed by atoms with Gasteiger partial charge in [0.1, 0.15) is 16.4 Å². The first-order valence-electron chi connectivity index (χ1n) is 3.73. The molecule has 2 nitrogen and oxygen atoms in total. The normalized spacial score (nSPS) is 11.6. The molecule has 0 fully saturated rings. The number of nitriles is 1. The maximum absolute atomic E-state index is 12.4. The van der Waals surface area contributed by atoms with Gasteiger partial charge in [0.05, 0.1) is 11.6 Å². The minimum Gasteiger partial charge on any atom is -0.234 e. The number of aromatic nitrogens is 1. The number of halogens is 6. The SMILES string of the molecule is N#Cc1cc(Cl)nc(C(F)F)c1C(F)(F)F. The highest BCUT2D eigenvalue weighted by molar-refractivity contribution is 6.29. The van der Waals surface area contributed by atoms with Crippen LogP contribution in [0.5, 0.6) is 0 Å². The quantitative estimate of drug-likeness (QED) is 0.569. The van der Waals surface area contributed by atoms with Crippen LogP contribution in [0.4, 0.5) is 22.0 Å². The second kappa shape index (κ2) is 4.22. The van der Waals surface area contributed by atoms with Crippen LogP contribution in [0.15, 0.2) is 6.07 Å². The lowest BCUT2D eigenvalue weighted by Crippen LogP contribution is -2.14. The van der Waals surface area contributed by atoms with Crippen LogP contribution in [0.25, 0.3) is 0 Å². The predicted molar refractivity (Wildman–Crippen MR) is 43.9 cm³/mol. The Morgan fingerprint density at radius 1 is 1.38 bits per heavy atom. The molecule has 0 aliphatic rings. The second-order valence-corrected chi connectivity index (χ2v) is 3.05. The fourth-order valence-corrected chi connectivity index (χ4v) is 1.28. The van der Waals surface area contributed by atoms with Gasteiger partial charge in [0.2, 0.25) is 0 Å². The molecular formula is C8H2ClF5N2. The summed E-state index contributed by atoms with van der Waals surface area (Å²) in [6, 6.07) is 1.75. The van der Waals surface area contributed by atoms with E-state index < -0.39 is 34.6 Å². The average Bonchev–Trinajstić information content (AvgIpc) is 2.14. The Balaban J connectivity index is 3.60. The molecule has 1 aromatic heterocycles. The van der Waals surface area contributed by atoms with Gasteiger partial charge in [-0.15, -0.1) is 0 Å². The number of rotatable bonds is 1. The molecule has 8 heteroatoms. The van der Waals surface area contributed by atoms with Gasteiger partial charge in [-0.3, -0.25) is 0 Å². The van der Waals surface area contributed by atoms with Gasteiger partial charge in [-0.05, 0) is 6.07 Å². The Hall–Kier alpha value is -1.42. The van der Waals surface area contributed by atoms with Crippen LogP contribution in [0.1, 0.15) is 23.2 Å². The molecule has 0 saturated heterocycles. The topological polar surface area (TPSA) is 36.7 Å². The summed E-state index contributed by atoms with van der Waals surface area (Å²) < 4.78 is 61.9. The Morgan fingerprint density at radius 2 is 1.94 bits per heavy atom. The molecule has 1 heterocycles. The summed E-state index contributed by atoms with van der Waals surface area (Å²) in [6.07, 6.45) is -8.53. The summed E-state index contributed by atoms with van der Waals surface area (Å²) in [5, 5.41) is 7.85. The monoisotopic (exact) mass is 256 g/mol. The van der Waals surface area contributed by atoms with Crippen molar-refractivity contribution in [3.05, 3.63) is 28.0 Å². The molecule has 0 bridgehead atoms. The molecule has 0 N–H and O–H groups in total. The smallest absolute Gasteiger partial charge is 0.234 e. The van der Waals surface area contributed by atoms with Crippen LogP contribution in [-0.4, -0.2) is 4.98 Å². The summed E-state index contributed by atoms with van der Waals surface area (Å²) in [6.45, 7) is 0. The summed E-state index contributed by atoms with van der Waals surface area (Å²) in [5.74, 6) is 0. The lowest BCUT2D eigenvalue weighted by atomic mass is 10.1. The maximum atomic E-state index is 12.4. The number of nitrogens with zero attached hydrogens (tertiary/aromatic N) is 2. The Kier molecular flexibility index (Phi) is 3.33. The zero-order valence-electron chi connectivity index (χ0n) is 7.32. The summed E-state index contributed by atoms with van der Waals surface area (Å²) in [4.78, 5) is 2.89. The van der Waals surface area contributed by atoms with E-state index in [1.807, 2.05) is 0 Å². The van der Waals surface area contributed by atoms with Gasteiger partial charge in [0.15, 0.2) is 0 Å². The van der Waals surface area contributed by atoms with E-state index in [2.05, 4.69) is 4.98 Å². The number of pyridine rings is 1. The van der Waals surface area contributed by atoms with Crippen LogP contribution >= 0.6 is 11.6 Å². The first kappa shape index (κ1) is 12.6. The molecule has 0 unspecified atom stereocenters. The van der Waals surface area contributed by atoms with Crippen LogP contribution < -0.4 is 0 Å². The molecule has 0 amide bonds. The van der Waals surface area contributed by atoms with E-state index >= 15 is 0 Å². The lowest BCUT2D eigenvalue weighted by Gasteiger charge is -2.13. The van der Waals surface area contributed by atoms with Crippen LogP contribution in [0, 0.1) is 11.3 Å². The second-order valence-electron chi connectivity index (χ2n) is 2.66. The van der Waals surface area contributed by atoms with Gasteiger partial charge in [-0.1, -0.05) is 11.6 Å². The largest absolute Gasteiger partial charge is 0.419 e. The fraction of sp³-hybridized carbons (Fsp3) is 0.250. The molecule has 0 aliphatic carbocycles. The lowest BCUT2D eigenvalue weighted by molar-refractivity contribution is -0.140. The summed E-state index contributed by atoms with van der Waals surface area (Å²) in [7, 11) is 0. The molecule has 0 saturated carbocycles. The van der Waals surface area contributed by atoms with Gasteiger partial charge in [0.25, 0.3) is 6.43 Å². The predicted octanol–water partition coefficient (Wildman–Crippen LogP) is 3.56. The van der Waals surface area contributed by atoms with Crippen molar-refractivity contribution >= 4 is 11.6 Å². The van der Waals surface area contributed by atoms with E-state index in [9.17, 15) is 22.0 Å². The highest BCUT2D eigenvalue weighted by Gasteiger charge is 2.40. The zero-order valence-corrected chi connectivity index (χ0v) is 8.07. The Morgan fingerprint density at radius 3 is 2.31 bits per heavy atom. The first-order chi connectivity index (χ1) is 7.27. The third kappa shape index (κ3) is 2.39. The van der Waals surface area contributed by atoms with Gasteiger partial charge < -0.3 is 0 Å². The molecule has 0 atom stereocenters. The molecule has 0 aliphatic heterocycles. The number of hydrogen-bond acceptors (Lipinski definition) is 2. The Bertz CT molecular complexity index is 449. The molecule has 1 aromatic rings. The van der Waals surface area contributed by atoms with Crippen molar-refractivity contribution in [2.24, 2.45) is 0 Å². The molecule has 0 aromatic carbocycles. The van der Waals surface area contributed by atoms with Gasteiger partial charge in [-0.2, -0.15) is 18.4 Å². The van der Waals surface area contributed by atoms with Crippen molar-refractivity contribution in [2.45, 2.75) is 12.6 Å². The van der Waals surface area contributed by atoms with Crippen molar-refractivity contribution in [1.29, 1.82) is 5.26 Å². The van der Waals surface area contributed by atoms with Crippen molar-refractivity contribution in [1.82, 2.24) is 4.98 Å². The molecule has 0 spiro atoms. The third-order valence-corrected chi connectivity index (χ3v) is 1.82. The van der Waals surface area contributed by atoms with Crippen molar-refractivity contribution in [3.8, 4) is 6.07 Å². The maximum Gasteiger partial charge on any atom is 0.419 e. The first-order valence-corrected chi connectivity index (χ1v) is 4.11. The van der Waals surface area contributed by atoms with Crippen molar-refractivity contribution in [2.75, 3.05) is 0 Å². The zero-order chi connectivity index (χ0) is 12.5. The van der Waals surface area contributed by atoms with E-state index in [4.69, 9.17) is 16.9 Å².